The number of ether oxygens (including phenoxy) is 1. The average molecular weight is 184 g/mol. The normalized spacial score (nSPS) is 9.23. The summed E-state index contributed by atoms with van der Waals surface area (Å²) in [6.07, 6.45) is 5.11. The van der Waals surface area contributed by atoms with Crippen molar-refractivity contribution in [2.24, 2.45) is 0 Å². The first-order valence-corrected chi connectivity index (χ1v) is 4.21. The Balaban J connectivity index is 3.08. The monoisotopic (exact) mass is 184 g/mol. The number of carbonyl (C=O) groups is 1. The standard InChI is InChI=1S/C9H16N2O2/c1-3-4-9(12)11-6-5-10-7-8-13-2/h1,10H,4-8H2,2H3,(H,11,12). The van der Waals surface area contributed by atoms with Crippen molar-refractivity contribution in [3.8, 4) is 12.3 Å². The van der Waals surface area contributed by atoms with Crippen molar-refractivity contribution in [2.45, 2.75) is 6.42 Å². The van der Waals surface area contributed by atoms with Crippen LogP contribution in [-0.2, 0) is 9.53 Å². The molecule has 0 atom stereocenters. The number of hydrogen-bond acceptors (Lipinski definition) is 3. The molecule has 0 aromatic rings. The van der Waals surface area contributed by atoms with Crippen LogP contribution in [0, 0.1) is 12.3 Å². The molecular weight excluding hydrogens is 168 g/mol. The Hall–Kier alpha value is -1.05. The number of rotatable bonds is 7. The van der Waals surface area contributed by atoms with E-state index in [0.29, 0.717) is 13.2 Å². The van der Waals surface area contributed by atoms with Gasteiger partial charge in [-0.25, -0.2) is 0 Å². The van der Waals surface area contributed by atoms with Gasteiger partial charge in [0.15, 0.2) is 0 Å². The molecule has 0 fully saturated rings. The van der Waals surface area contributed by atoms with Gasteiger partial charge in [0.2, 0.25) is 5.91 Å². The zero-order chi connectivity index (χ0) is 9.94. The summed E-state index contributed by atoms with van der Waals surface area (Å²) in [5, 5.41) is 5.77. The molecule has 0 saturated carbocycles. The summed E-state index contributed by atoms with van der Waals surface area (Å²) < 4.78 is 4.83. The Morgan fingerprint density at radius 3 is 2.85 bits per heavy atom. The van der Waals surface area contributed by atoms with Gasteiger partial charge in [-0.15, -0.1) is 6.42 Å². The van der Waals surface area contributed by atoms with Gasteiger partial charge in [0.05, 0.1) is 13.0 Å². The van der Waals surface area contributed by atoms with Crippen molar-refractivity contribution in [3.05, 3.63) is 0 Å². The Morgan fingerprint density at radius 1 is 1.46 bits per heavy atom. The van der Waals surface area contributed by atoms with Gasteiger partial charge < -0.3 is 15.4 Å². The summed E-state index contributed by atoms with van der Waals surface area (Å²) in [6.45, 7) is 2.81. The van der Waals surface area contributed by atoms with Crippen molar-refractivity contribution in [3.63, 3.8) is 0 Å². The van der Waals surface area contributed by atoms with Crippen LogP contribution in [0.15, 0.2) is 0 Å². The lowest BCUT2D eigenvalue weighted by molar-refractivity contribution is -0.120. The molecule has 13 heavy (non-hydrogen) atoms. The summed E-state index contributed by atoms with van der Waals surface area (Å²) >= 11 is 0. The maximum Gasteiger partial charge on any atom is 0.232 e. The van der Waals surface area contributed by atoms with E-state index in [1.54, 1.807) is 7.11 Å². The van der Waals surface area contributed by atoms with E-state index in [1.807, 2.05) is 0 Å². The third-order valence-electron chi connectivity index (χ3n) is 1.37. The second-order valence-electron chi connectivity index (χ2n) is 2.47. The summed E-state index contributed by atoms with van der Waals surface area (Å²) in [5.41, 5.74) is 0. The topological polar surface area (TPSA) is 50.4 Å². The molecule has 0 rings (SSSR count). The van der Waals surface area contributed by atoms with Crippen molar-refractivity contribution in [1.29, 1.82) is 0 Å². The van der Waals surface area contributed by atoms with Crippen LogP contribution < -0.4 is 10.6 Å². The first-order chi connectivity index (χ1) is 6.31. The van der Waals surface area contributed by atoms with Gasteiger partial charge in [0.1, 0.15) is 0 Å². The van der Waals surface area contributed by atoms with Gasteiger partial charge in [-0.3, -0.25) is 4.79 Å². The predicted octanol–water partition coefficient (Wildman–Crippen LogP) is -0.638. The van der Waals surface area contributed by atoms with Crippen LogP contribution in [0.3, 0.4) is 0 Å². The zero-order valence-corrected chi connectivity index (χ0v) is 7.93. The highest BCUT2D eigenvalue weighted by Crippen LogP contribution is 1.73. The maximum absolute atomic E-state index is 10.8. The number of carbonyl (C=O) groups excluding carboxylic acids is 1. The van der Waals surface area contributed by atoms with Crippen LogP contribution in [0.25, 0.3) is 0 Å². The third-order valence-corrected chi connectivity index (χ3v) is 1.37. The van der Waals surface area contributed by atoms with E-state index >= 15 is 0 Å². The SMILES string of the molecule is C#CCC(=O)NCCNCCOC. The molecule has 0 aliphatic heterocycles. The van der Waals surface area contributed by atoms with Crippen molar-refractivity contribution >= 4 is 5.91 Å². The van der Waals surface area contributed by atoms with E-state index in [9.17, 15) is 4.79 Å². The molecule has 0 saturated heterocycles. The zero-order valence-electron chi connectivity index (χ0n) is 7.93. The number of terminal acetylenes is 1. The molecule has 0 unspecified atom stereocenters. The lowest BCUT2D eigenvalue weighted by atomic mass is 10.4. The Morgan fingerprint density at radius 2 is 2.23 bits per heavy atom. The van der Waals surface area contributed by atoms with Crippen LogP contribution in [-0.4, -0.2) is 39.3 Å². The minimum Gasteiger partial charge on any atom is -0.383 e. The number of hydrogen-bond donors (Lipinski definition) is 2. The largest absolute Gasteiger partial charge is 0.383 e. The predicted molar refractivity (Wildman–Crippen MR) is 51.2 cm³/mol. The Bertz CT molecular complexity index is 175. The molecule has 4 nitrogen and oxygen atoms in total. The Kier molecular flexibility index (Phi) is 8.31. The highest BCUT2D eigenvalue weighted by Gasteiger charge is 1.95. The maximum atomic E-state index is 10.8. The minimum atomic E-state index is -0.101. The van der Waals surface area contributed by atoms with Crippen LogP contribution in [0.4, 0.5) is 0 Å². The molecule has 1 amide bonds. The fraction of sp³-hybridized carbons (Fsp3) is 0.667. The van der Waals surface area contributed by atoms with Gasteiger partial charge in [-0.05, 0) is 0 Å². The van der Waals surface area contributed by atoms with Crippen LogP contribution in [0.2, 0.25) is 0 Å². The summed E-state index contributed by atoms with van der Waals surface area (Å²) in [5.74, 6) is 2.18. The molecule has 0 aromatic carbocycles. The van der Waals surface area contributed by atoms with Crippen LogP contribution >= 0.6 is 0 Å². The van der Waals surface area contributed by atoms with E-state index in [-0.39, 0.29) is 12.3 Å². The molecule has 0 aliphatic rings. The lowest BCUT2D eigenvalue weighted by Crippen LogP contribution is -2.32. The average Bonchev–Trinajstić information content (AvgIpc) is 2.11. The summed E-state index contributed by atoms with van der Waals surface area (Å²) in [6, 6.07) is 0. The van der Waals surface area contributed by atoms with Gasteiger partial charge >= 0.3 is 0 Å². The van der Waals surface area contributed by atoms with Crippen molar-refractivity contribution in [2.75, 3.05) is 33.4 Å². The molecule has 0 spiro atoms. The molecule has 4 heteroatoms. The van der Waals surface area contributed by atoms with Gasteiger partial charge in [0.25, 0.3) is 0 Å². The molecular formula is C9H16N2O2. The highest BCUT2D eigenvalue weighted by atomic mass is 16.5. The molecule has 0 heterocycles. The number of amides is 1. The molecule has 2 N–H and O–H groups in total. The van der Waals surface area contributed by atoms with Crippen molar-refractivity contribution < 1.29 is 9.53 Å². The van der Waals surface area contributed by atoms with Gasteiger partial charge in [-0.1, -0.05) is 5.92 Å². The summed E-state index contributed by atoms with van der Waals surface area (Å²) in [4.78, 5) is 10.8. The molecule has 0 aromatic heterocycles. The molecule has 0 aliphatic carbocycles. The summed E-state index contributed by atoms with van der Waals surface area (Å²) in [7, 11) is 1.65. The minimum absolute atomic E-state index is 0.101. The second kappa shape index (κ2) is 9.04. The smallest absolute Gasteiger partial charge is 0.232 e. The number of methoxy groups -OCH3 is 1. The second-order valence-corrected chi connectivity index (χ2v) is 2.47. The fourth-order valence-corrected chi connectivity index (χ4v) is 0.745. The third kappa shape index (κ3) is 8.86. The van der Waals surface area contributed by atoms with E-state index in [1.165, 1.54) is 0 Å². The van der Waals surface area contributed by atoms with Gasteiger partial charge in [-0.2, -0.15) is 0 Å². The quantitative estimate of drug-likeness (QED) is 0.409. The van der Waals surface area contributed by atoms with E-state index < -0.39 is 0 Å². The first-order valence-electron chi connectivity index (χ1n) is 4.21. The molecule has 74 valence electrons. The van der Waals surface area contributed by atoms with Crippen molar-refractivity contribution in [1.82, 2.24) is 10.6 Å². The van der Waals surface area contributed by atoms with Crippen LogP contribution in [0.5, 0.6) is 0 Å². The molecule has 0 radical (unpaired) electrons. The highest BCUT2D eigenvalue weighted by molar-refractivity contribution is 5.78. The first kappa shape index (κ1) is 11.9. The van der Waals surface area contributed by atoms with Crippen LogP contribution in [0.1, 0.15) is 6.42 Å². The Labute approximate surface area is 79.0 Å². The molecule has 0 bridgehead atoms. The van der Waals surface area contributed by atoms with E-state index in [4.69, 9.17) is 11.2 Å². The van der Waals surface area contributed by atoms with E-state index in [2.05, 4.69) is 16.6 Å². The lowest BCUT2D eigenvalue weighted by Gasteiger charge is -2.04. The van der Waals surface area contributed by atoms with E-state index in [0.717, 1.165) is 13.1 Å². The fourth-order valence-electron chi connectivity index (χ4n) is 0.745. The number of nitrogens with one attached hydrogen (secondary N) is 2. The van der Waals surface area contributed by atoms with Gasteiger partial charge in [0, 0.05) is 26.7 Å².